The maximum atomic E-state index is 13.3. The minimum Gasteiger partial charge on any atom is -0.347 e. The molecule has 154 valence electrons. The standard InChI is InChI=1S/C20H15F3N4O2S/c21-20(22,23)14-4-2-1-3-13(14)12-5-6-15-16(9-12)30-19(27-15)10-17(28)26-11-18(29)25-8-7-24/h1-6,9H,8,10-11H2,(H,25,29)(H,26,28). The Labute approximate surface area is 173 Å². The molecule has 0 spiro atoms. The number of aromatic nitrogens is 1. The van der Waals surface area contributed by atoms with Gasteiger partial charge in [-0.2, -0.15) is 18.4 Å². The SMILES string of the molecule is N#CCNC(=O)CNC(=O)Cc1nc2ccc(-c3ccccc3C(F)(F)F)cc2s1. The fourth-order valence-corrected chi connectivity index (χ4v) is 3.78. The average molecular weight is 432 g/mol. The minimum atomic E-state index is -4.47. The minimum absolute atomic E-state index is 0.0701. The lowest BCUT2D eigenvalue weighted by Gasteiger charge is -2.12. The highest BCUT2D eigenvalue weighted by molar-refractivity contribution is 7.18. The van der Waals surface area contributed by atoms with Gasteiger partial charge in [0.05, 0.1) is 34.8 Å². The number of carbonyl (C=O) groups is 2. The average Bonchev–Trinajstić information content (AvgIpc) is 3.11. The first-order valence-electron chi connectivity index (χ1n) is 8.74. The van der Waals surface area contributed by atoms with Gasteiger partial charge in [-0.25, -0.2) is 4.98 Å². The van der Waals surface area contributed by atoms with Crippen LogP contribution in [0.15, 0.2) is 42.5 Å². The molecule has 6 nitrogen and oxygen atoms in total. The summed E-state index contributed by atoms with van der Waals surface area (Å²) in [6.45, 7) is -0.407. The molecule has 2 aromatic carbocycles. The molecule has 0 unspecified atom stereocenters. The maximum Gasteiger partial charge on any atom is 0.417 e. The van der Waals surface area contributed by atoms with Crippen LogP contribution in [-0.4, -0.2) is 29.9 Å². The van der Waals surface area contributed by atoms with E-state index in [1.165, 1.54) is 23.5 Å². The zero-order chi connectivity index (χ0) is 21.7. The fraction of sp³-hybridized carbons (Fsp3) is 0.200. The van der Waals surface area contributed by atoms with Crippen molar-refractivity contribution in [2.75, 3.05) is 13.1 Å². The normalized spacial score (nSPS) is 11.1. The number of halogens is 3. The molecule has 0 aliphatic carbocycles. The zero-order valence-electron chi connectivity index (χ0n) is 15.4. The van der Waals surface area contributed by atoms with Gasteiger partial charge >= 0.3 is 6.18 Å². The molecule has 3 rings (SSSR count). The van der Waals surface area contributed by atoms with E-state index in [9.17, 15) is 22.8 Å². The lowest BCUT2D eigenvalue weighted by Crippen LogP contribution is -2.37. The van der Waals surface area contributed by atoms with E-state index in [1.54, 1.807) is 30.3 Å². The Morgan fingerprint density at radius 3 is 2.60 bits per heavy atom. The molecule has 0 aliphatic heterocycles. The van der Waals surface area contributed by atoms with Crippen LogP contribution in [0.1, 0.15) is 10.6 Å². The molecule has 0 saturated heterocycles. The van der Waals surface area contributed by atoms with Gasteiger partial charge in [0.15, 0.2) is 0 Å². The molecule has 1 aromatic heterocycles. The van der Waals surface area contributed by atoms with Gasteiger partial charge in [0.25, 0.3) is 0 Å². The second kappa shape index (κ2) is 8.92. The lowest BCUT2D eigenvalue weighted by atomic mass is 9.99. The van der Waals surface area contributed by atoms with Crippen molar-refractivity contribution in [2.24, 2.45) is 0 Å². The number of fused-ring (bicyclic) bond motifs is 1. The highest BCUT2D eigenvalue weighted by Gasteiger charge is 2.33. The molecule has 0 aliphatic rings. The smallest absolute Gasteiger partial charge is 0.347 e. The summed E-state index contributed by atoms with van der Waals surface area (Å²) in [4.78, 5) is 27.7. The number of rotatable bonds is 6. The Bertz CT molecular complexity index is 1140. The van der Waals surface area contributed by atoms with Crippen molar-refractivity contribution in [1.29, 1.82) is 5.26 Å². The molecule has 2 amide bonds. The summed E-state index contributed by atoms with van der Waals surface area (Å²) in [5.41, 5.74) is 0.332. The van der Waals surface area contributed by atoms with Gasteiger partial charge in [0, 0.05) is 0 Å². The van der Waals surface area contributed by atoms with Crippen LogP contribution in [0.3, 0.4) is 0 Å². The van der Waals surface area contributed by atoms with Crippen LogP contribution < -0.4 is 10.6 Å². The molecular weight excluding hydrogens is 417 g/mol. The number of carbonyl (C=O) groups excluding carboxylic acids is 2. The van der Waals surface area contributed by atoms with Gasteiger partial charge < -0.3 is 10.6 Å². The molecule has 0 radical (unpaired) electrons. The molecule has 30 heavy (non-hydrogen) atoms. The van der Waals surface area contributed by atoms with E-state index in [0.29, 0.717) is 20.8 Å². The molecule has 2 N–H and O–H groups in total. The maximum absolute atomic E-state index is 13.3. The largest absolute Gasteiger partial charge is 0.417 e. The fourth-order valence-electron chi connectivity index (χ4n) is 2.78. The van der Waals surface area contributed by atoms with Crippen molar-refractivity contribution < 1.29 is 22.8 Å². The molecule has 0 atom stereocenters. The monoisotopic (exact) mass is 432 g/mol. The zero-order valence-corrected chi connectivity index (χ0v) is 16.2. The number of benzene rings is 2. The van der Waals surface area contributed by atoms with Crippen molar-refractivity contribution in [1.82, 2.24) is 15.6 Å². The highest BCUT2D eigenvalue weighted by Crippen LogP contribution is 2.38. The molecule has 3 aromatic rings. The predicted octanol–water partition coefficient (Wildman–Crippen LogP) is 3.28. The summed E-state index contributed by atoms with van der Waals surface area (Å²) in [6, 6.07) is 11.9. The first-order chi connectivity index (χ1) is 14.3. The summed E-state index contributed by atoms with van der Waals surface area (Å²) in [6.07, 6.45) is -4.54. The van der Waals surface area contributed by atoms with Crippen molar-refractivity contribution in [3.63, 3.8) is 0 Å². The third-order valence-electron chi connectivity index (χ3n) is 4.10. The van der Waals surface area contributed by atoms with Gasteiger partial charge in [-0.3, -0.25) is 9.59 Å². The van der Waals surface area contributed by atoms with Crippen LogP contribution in [0.25, 0.3) is 21.3 Å². The lowest BCUT2D eigenvalue weighted by molar-refractivity contribution is -0.137. The number of nitriles is 1. The Morgan fingerprint density at radius 1 is 1.10 bits per heavy atom. The molecule has 0 saturated carbocycles. The van der Waals surface area contributed by atoms with Crippen molar-refractivity contribution in [2.45, 2.75) is 12.6 Å². The van der Waals surface area contributed by atoms with Crippen LogP contribution in [0, 0.1) is 11.3 Å². The summed E-state index contributed by atoms with van der Waals surface area (Å²) >= 11 is 1.20. The molecule has 10 heteroatoms. The Kier molecular flexibility index (Phi) is 6.32. The topological polar surface area (TPSA) is 94.9 Å². The van der Waals surface area contributed by atoms with E-state index in [4.69, 9.17) is 5.26 Å². The van der Waals surface area contributed by atoms with Gasteiger partial charge in [0.1, 0.15) is 11.6 Å². The number of thiazole rings is 1. The van der Waals surface area contributed by atoms with E-state index in [2.05, 4.69) is 15.6 Å². The second-order valence-corrected chi connectivity index (χ2v) is 7.34. The van der Waals surface area contributed by atoms with Gasteiger partial charge in [0.2, 0.25) is 11.8 Å². The first kappa shape index (κ1) is 21.3. The molecule has 0 bridgehead atoms. The van der Waals surface area contributed by atoms with Gasteiger partial charge in [-0.05, 0) is 29.3 Å². The van der Waals surface area contributed by atoms with Crippen molar-refractivity contribution >= 4 is 33.4 Å². The number of alkyl halides is 3. The second-order valence-electron chi connectivity index (χ2n) is 6.22. The van der Waals surface area contributed by atoms with Crippen LogP contribution in [0.2, 0.25) is 0 Å². The van der Waals surface area contributed by atoms with Gasteiger partial charge in [-0.1, -0.05) is 24.3 Å². The van der Waals surface area contributed by atoms with Crippen molar-refractivity contribution in [3.05, 3.63) is 53.0 Å². The predicted molar refractivity (Wildman–Crippen MR) is 105 cm³/mol. The Hall–Kier alpha value is -3.45. The van der Waals surface area contributed by atoms with Crippen LogP contribution in [-0.2, 0) is 22.2 Å². The van der Waals surface area contributed by atoms with E-state index < -0.39 is 23.6 Å². The number of nitrogens with zero attached hydrogens (tertiary/aromatic N) is 2. The number of hydrogen-bond donors (Lipinski definition) is 2. The molecular formula is C20H15F3N4O2S. The number of amides is 2. The van der Waals surface area contributed by atoms with Crippen LogP contribution in [0.4, 0.5) is 13.2 Å². The summed E-state index contributed by atoms with van der Waals surface area (Å²) in [5.74, 6) is -0.911. The Balaban J connectivity index is 1.75. The summed E-state index contributed by atoms with van der Waals surface area (Å²) in [5, 5.41) is 13.6. The first-order valence-corrected chi connectivity index (χ1v) is 9.56. The van der Waals surface area contributed by atoms with E-state index in [0.717, 1.165) is 6.07 Å². The highest BCUT2D eigenvalue weighted by atomic mass is 32.1. The number of hydrogen-bond acceptors (Lipinski definition) is 5. The molecule has 1 heterocycles. The Morgan fingerprint density at radius 2 is 1.87 bits per heavy atom. The summed E-state index contributed by atoms with van der Waals surface area (Å²) < 4.78 is 40.5. The third-order valence-corrected chi connectivity index (χ3v) is 5.12. The van der Waals surface area contributed by atoms with Crippen LogP contribution >= 0.6 is 11.3 Å². The third kappa shape index (κ3) is 5.12. The molecule has 0 fully saturated rings. The van der Waals surface area contributed by atoms with Crippen LogP contribution in [0.5, 0.6) is 0 Å². The van der Waals surface area contributed by atoms with E-state index >= 15 is 0 Å². The quantitative estimate of drug-likeness (QED) is 0.585. The number of nitrogens with one attached hydrogen (secondary N) is 2. The van der Waals surface area contributed by atoms with E-state index in [1.807, 2.05) is 0 Å². The van der Waals surface area contributed by atoms with Crippen molar-refractivity contribution in [3.8, 4) is 17.2 Å². The van der Waals surface area contributed by atoms with E-state index in [-0.39, 0.29) is 25.1 Å². The van der Waals surface area contributed by atoms with Gasteiger partial charge in [-0.15, -0.1) is 11.3 Å². The summed E-state index contributed by atoms with van der Waals surface area (Å²) in [7, 11) is 0.